The summed E-state index contributed by atoms with van der Waals surface area (Å²) in [6.45, 7) is 1.66. The van der Waals surface area contributed by atoms with E-state index in [0.29, 0.717) is 5.25 Å². The molecule has 1 nitrogen and oxygen atoms in total. The first kappa shape index (κ1) is 10.7. The summed E-state index contributed by atoms with van der Waals surface area (Å²) in [7, 11) is 0. The van der Waals surface area contributed by atoms with Gasteiger partial charge in [0.1, 0.15) is 0 Å². The number of hydrogen-bond donors (Lipinski definition) is 0. The molecule has 1 fully saturated rings. The van der Waals surface area contributed by atoms with E-state index in [1.54, 1.807) is 6.92 Å². The number of hydrogen-bond acceptors (Lipinski definition) is 2. The van der Waals surface area contributed by atoms with Crippen LogP contribution in [-0.4, -0.2) is 11.5 Å². The van der Waals surface area contributed by atoms with Crippen molar-refractivity contribution in [3.05, 3.63) is 35.4 Å². The van der Waals surface area contributed by atoms with Gasteiger partial charge >= 0.3 is 0 Å². The molecule has 1 aromatic carbocycles. The van der Waals surface area contributed by atoms with Crippen LogP contribution < -0.4 is 0 Å². The van der Waals surface area contributed by atoms with Crippen molar-refractivity contribution >= 4 is 17.5 Å². The quantitative estimate of drug-likeness (QED) is 0.704. The lowest BCUT2D eigenvalue weighted by atomic mass is 9.98. The fourth-order valence-corrected chi connectivity index (χ4v) is 3.46. The normalized spacial score (nSPS) is 21.3. The molecule has 0 N–H and O–H groups in total. The smallest absolute Gasteiger partial charge is 0.160 e. The lowest BCUT2D eigenvalue weighted by Gasteiger charge is -2.23. The molecular formula is C13H16OS. The standard InChI is InChI=1S/C13H16OS/c1-10(14)11-6-2-3-7-12(11)13-8-4-5-9-15-13/h2-3,6-7,13H,4-5,8-9H2,1H3. The van der Waals surface area contributed by atoms with Crippen LogP contribution in [0.5, 0.6) is 0 Å². The van der Waals surface area contributed by atoms with E-state index in [-0.39, 0.29) is 5.78 Å². The number of Topliss-reactive ketones (excluding diaryl/α,β-unsaturated/α-hetero) is 1. The summed E-state index contributed by atoms with van der Waals surface area (Å²) >= 11 is 2.00. The van der Waals surface area contributed by atoms with Gasteiger partial charge in [-0.25, -0.2) is 0 Å². The van der Waals surface area contributed by atoms with E-state index in [1.807, 2.05) is 30.0 Å². The van der Waals surface area contributed by atoms with Crippen molar-refractivity contribution in [2.45, 2.75) is 31.4 Å². The lowest BCUT2D eigenvalue weighted by Crippen LogP contribution is -2.07. The number of thioether (sulfide) groups is 1. The summed E-state index contributed by atoms with van der Waals surface area (Å²) in [5.41, 5.74) is 2.16. The van der Waals surface area contributed by atoms with Crippen molar-refractivity contribution in [2.75, 3.05) is 5.75 Å². The number of carbonyl (C=O) groups is 1. The highest BCUT2D eigenvalue weighted by atomic mass is 32.2. The van der Waals surface area contributed by atoms with Gasteiger partial charge in [-0.2, -0.15) is 11.8 Å². The average Bonchev–Trinajstić information content (AvgIpc) is 2.30. The highest BCUT2D eigenvalue weighted by Gasteiger charge is 2.19. The Morgan fingerprint density at radius 2 is 2.13 bits per heavy atom. The largest absolute Gasteiger partial charge is 0.295 e. The Hall–Kier alpha value is -0.760. The van der Waals surface area contributed by atoms with Gasteiger partial charge in [-0.1, -0.05) is 30.7 Å². The van der Waals surface area contributed by atoms with Crippen LogP contribution in [0.1, 0.15) is 47.4 Å². The highest BCUT2D eigenvalue weighted by Crippen LogP contribution is 2.39. The molecule has 1 unspecified atom stereocenters. The summed E-state index contributed by atoms with van der Waals surface area (Å²) in [4.78, 5) is 11.5. The van der Waals surface area contributed by atoms with Gasteiger partial charge in [0.15, 0.2) is 5.78 Å². The van der Waals surface area contributed by atoms with Gasteiger partial charge in [0.25, 0.3) is 0 Å². The Bertz CT molecular complexity index is 353. The Morgan fingerprint density at radius 1 is 1.33 bits per heavy atom. The summed E-state index contributed by atoms with van der Waals surface area (Å²) < 4.78 is 0. The second-order valence-corrected chi connectivity index (χ2v) is 5.31. The van der Waals surface area contributed by atoms with E-state index in [9.17, 15) is 4.79 Å². The first-order valence-corrected chi connectivity index (χ1v) is 6.55. The SMILES string of the molecule is CC(=O)c1ccccc1C1CCCCS1. The molecule has 1 atom stereocenters. The van der Waals surface area contributed by atoms with Crippen molar-refractivity contribution in [1.82, 2.24) is 0 Å². The minimum absolute atomic E-state index is 0.191. The third kappa shape index (κ3) is 2.43. The molecule has 0 aromatic heterocycles. The zero-order valence-corrected chi connectivity index (χ0v) is 9.85. The molecule has 0 spiro atoms. The molecule has 1 heterocycles. The third-order valence-corrected chi connectivity index (χ3v) is 4.28. The molecule has 1 saturated heterocycles. The molecule has 0 saturated carbocycles. The molecule has 0 amide bonds. The Balaban J connectivity index is 2.29. The van der Waals surface area contributed by atoms with Crippen LogP contribution in [0.3, 0.4) is 0 Å². The maximum atomic E-state index is 11.5. The van der Waals surface area contributed by atoms with Gasteiger partial charge in [-0.3, -0.25) is 4.79 Å². The van der Waals surface area contributed by atoms with E-state index >= 15 is 0 Å². The molecule has 0 radical (unpaired) electrons. The predicted octanol–water partition coefficient (Wildman–Crippen LogP) is 3.85. The number of benzene rings is 1. The number of carbonyl (C=O) groups excluding carboxylic acids is 1. The van der Waals surface area contributed by atoms with E-state index < -0.39 is 0 Å². The van der Waals surface area contributed by atoms with Crippen molar-refractivity contribution in [3.63, 3.8) is 0 Å². The van der Waals surface area contributed by atoms with Gasteiger partial charge in [-0.05, 0) is 31.1 Å². The maximum Gasteiger partial charge on any atom is 0.160 e. The van der Waals surface area contributed by atoms with Crippen molar-refractivity contribution < 1.29 is 4.79 Å². The molecule has 1 aromatic rings. The van der Waals surface area contributed by atoms with Gasteiger partial charge in [0.2, 0.25) is 0 Å². The first-order valence-electron chi connectivity index (χ1n) is 5.50. The van der Waals surface area contributed by atoms with Crippen molar-refractivity contribution in [2.24, 2.45) is 0 Å². The van der Waals surface area contributed by atoms with Gasteiger partial charge in [0, 0.05) is 10.8 Å². The molecule has 80 valence electrons. The van der Waals surface area contributed by atoms with Crippen LogP contribution in [0, 0.1) is 0 Å². The Morgan fingerprint density at radius 3 is 2.80 bits per heavy atom. The molecular weight excluding hydrogens is 204 g/mol. The fourth-order valence-electron chi connectivity index (χ4n) is 2.08. The van der Waals surface area contributed by atoms with Crippen LogP contribution >= 0.6 is 11.8 Å². The van der Waals surface area contributed by atoms with E-state index in [4.69, 9.17) is 0 Å². The minimum atomic E-state index is 0.191. The minimum Gasteiger partial charge on any atom is -0.295 e. The molecule has 2 rings (SSSR count). The molecule has 1 aliphatic rings. The fraction of sp³-hybridized carbons (Fsp3) is 0.462. The van der Waals surface area contributed by atoms with Crippen molar-refractivity contribution in [1.29, 1.82) is 0 Å². The highest BCUT2D eigenvalue weighted by molar-refractivity contribution is 7.99. The molecule has 0 bridgehead atoms. The topological polar surface area (TPSA) is 17.1 Å². The Labute approximate surface area is 95.3 Å². The van der Waals surface area contributed by atoms with Crippen LogP contribution in [0.15, 0.2) is 24.3 Å². The number of ketones is 1. The summed E-state index contributed by atoms with van der Waals surface area (Å²) in [6.07, 6.45) is 3.84. The number of rotatable bonds is 2. The van der Waals surface area contributed by atoms with Gasteiger partial charge < -0.3 is 0 Å². The van der Waals surface area contributed by atoms with E-state index in [0.717, 1.165) is 5.56 Å². The van der Waals surface area contributed by atoms with Crippen LogP contribution in [-0.2, 0) is 0 Å². The van der Waals surface area contributed by atoms with E-state index in [2.05, 4.69) is 6.07 Å². The zero-order valence-electron chi connectivity index (χ0n) is 9.03. The molecule has 1 aliphatic heterocycles. The maximum absolute atomic E-state index is 11.5. The summed E-state index contributed by atoms with van der Waals surface area (Å²) in [6, 6.07) is 8.05. The average molecular weight is 220 g/mol. The third-order valence-electron chi connectivity index (χ3n) is 2.87. The second-order valence-electron chi connectivity index (χ2n) is 4.00. The molecule has 0 aliphatic carbocycles. The van der Waals surface area contributed by atoms with E-state index in [1.165, 1.54) is 30.6 Å². The van der Waals surface area contributed by atoms with Crippen LogP contribution in [0.4, 0.5) is 0 Å². The first-order chi connectivity index (χ1) is 7.29. The lowest BCUT2D eigenvalue weighted by molar-refractivity contribution is 0.101. The molecule has 2 heteroatoms. The zero-order chi connectivity index (χ0) is 10.7. The van der Waals surface area contributed by atoms with Gasteiger partial charge in [0.05, 0.1) is 0 Å². The molecule has 15 heavy (non-hydrogen) atoms. The predicted molar refractivity (Wildman–Crippen MR) is 65.5 cm³/mol. The van der Waals surface area contributed by atoms with Gasteiger partial charge in [-0.15, -0.1) is 0 Å². The monoisotopic (exact) mass is 220 g/mol. The second kappa shape index (κ2) is 4.84. The van der Waals surface area contributed by atoms with Crippen LogP contribution in [0.2, 0.25) is 0 Å². The Kier molecular flexibility index (Phi) is 3.47. The van der Waals surface area contributed by atoms with Crippen molar-refractivity contribution in [3.8, 4) is 0 Å². The summed E-state index contributed by atoms with van der Waals surface area (Å²) in [5.74, 6) is 1.42. The summed E-state index contributed by atoms with van der Waals surface area (Å²) in [5, 5.41) is 0.541. The van der Waals surface area contributed by atoms with Crippen LogP contribution in [0.25, 0.3) is 0 Å².